The number of nitrogens with zero attached hydrogens (tertiary/aromatic N) is 4. The number of rotatable bonds is 1. The van der Waals surface area contributed by atoms with Gasteiger partial charge in [-0.25, -0.2) is 9.97 Å². The minimum Gasteiger partial charge on any atom is -0.310 e. The summed E-state index contributed by atoms with van der Waals surface area (Å²) in [6, 6.07) is 12.1. The monoisotopic (exact) mass is 250 g/mol. The van der Waals surface area contributed by atoms with Gasteiger partial charge in [0.25, 0.3) is 0 Å². The van der Waals surface area contributed by atoms with Crippen molar-refractivity contribution < 1.29 is 0 Å². The number of anilines is 2. The van der Waals surface area contributed by atoms with E-state index >= 15 is 0 Å². The van der Waals surface area contributed by atoms with Gasteiger partial charge in [0.2, 0.25) is 5.95 Å². The minimum absolute atomic E-state index is 0.422. The highest BCUT2D eigenvalue weighted by Crippen LogP contribution is 2.31. The average molecular weight is 250 g/mol. The van der Waals surface area contributed by atoms with E-state index in [4.69, 9.17) is 5.26 Å². The van der Waals surface area contributed by atoms with Crippen LogP contribution in [-0.2, 0) is 6.42 Å². The summed E-state index contributed by atoms with van der Waals surface area (Å²) in [7, 11) is 0. The van der Waals surface area contributed by atoms with E-state index in [2.05, 4.69) is 39.1 Å². The van der Waals surface area contributed by atoms with Gasteiger partial charge in [0.15, 0.2) is 0 Å². The van der Waals surface area contributed by atoms with Crippen molar-refractivity contribution in [1.82, 2.24) is 9.97 Å². The lowest BCUT2D eigenvalue weighted by Crippen LogP contribution is -2.26. The number of hydrogen-bond donors (Lipinski definition) is 0. The Hall–Kier alpha value is -2.41. The Morgan fingerprint density at radius 2 is 2.11 bits per heavy atom. The molecule has 94 valence electrons. The molecule has 1 aliphatic rings. The molecule has 19 heavy (non-hydrogen) atoms. The first-order valence-electron chi connectivity index (χ1n) is 6.39. The molecule has 0 bridgehead atoms. The summed E-state index contributed by atoms with van der Waals surface area (Å²) in [5.74, 6) is 0.628. The zero-order valence-electron chi connectivity index (χ0n) is 10.8. The second-order valence-corrected chi connectivity index (χ2v) is 4.69. The highest BCUT2D eigenvalue weighted by atomic mass is 15.3. The van der Waals surface area contributed by atoms with Crippen LogP contribution in [0.25, 0.3) is 0 Å². The third-order valence-corrected chi connectivity index (χ3v) is 3.31. The van der Waals surface area contributed by atoms with Crippen LogP contribution < -0.4 is 4.90 Å². The quantitative estimate of drug-likeness (QED) is 0.781. The first-order valence-corrected chi connectivity index (χ1v) is 6.39. The molecule has 4 heteroatoms. The van der Waals surface area contributed by atoms with Crippen molar-refractivity contribution in [2.75, 3.05) is 11.4 Å². The fraction of sp³-hybridized carbons (Fsp3) is 0.267. The van der Waals surface area contributed by atoms with Crippen LogP contribution in [0.15, 0.2) is 30.3 Å². The maximum atomic E-state index is 9.02. The molecule has 4 nitrogen and oxygen atoms in total. The van der Waals surface area contributed by atoms with Crippen molar-refractivity contribution in [3.8, 4) is 6.07 Å². The van der Waals surface area contributed by atoms with Crippen LogP contribution in [0.2, 0.25) is 0 Å². The number of aryl methyl sites for hydroxylation is 2. The zero-order valence-corrected chi connectivity index (χ0v) is 10.8. The fourth-order valence-electron chi connectivity index (χ4n) is 2.47. The van der Waals surface area contributed by atoms with E-state index in [0.29, 0.717) is 11.6 Å². The summed E-state index contributed by atoms with van der Waals surface area (Å²) >= 11 is 0. The van der Waals surface area contributed by atoms with E-state index in [0.717, 1.165) is 30.8 Å². The molecule has 3 rings (SSSR count). The molecule has 0 atom stereocenters. The SMILES string of the molecule is Cc1cc(C#N)nc(N2CCCc3ccccc32)n1. The van der Waals surface area contributed by atoms with E-state index in [1.54, 1.807) is 6.07 Å². The van der Waals surface area contributed by atoms with Gasteiger partial charge < -0.3 is 4.90 Å². The normalized spacial score (nSPS) is 13.8. The standard InChI is InChI=1S/C15H14N4/c1-11-9-13(10-16)18-15(17-11)19-8-4-6-12-5-2-3-7-14(12)19/h2-3,5,7,9H,4,6,8H2,1H3. The van der Waals surface area contributed by atoms with Crippen molar-refractivity contribution in [1.29, 1.82) is 5.26 Å². The molecule has 0 aliphatic carbocycles. The molecule has 2 heterocycles. The molecule has 2 aromatic rings. The van der Waals surface area contributed by atoms with Gasteiger partial charge in [-0.1, -0.05) is 18.2 Å². The van der Waals surface area contributed by atoms with E-state index in [1.807, 2.05) is 13.0 Å². The Bertz CT molecular complexity index is 657. The molecule has 0 fully saturated rings. The molecule has 1 aliphatic heterocycles. The Balaban J connectivity index is 2.09. The Morgan fingerprint density at radius 3 is 2.95 bits per heavy atom. The third kappa shape index (κ3) is 2.15. The van der Waals surface area contributed by atoms with Gasteiger partial charge in [-0.3, -0.25) is 0 Å². The molecule has 0 saturated heterocycles. The summed E-state index contributed by atoms with van der Waals surface area (Å²) in [6.45, 7) is 2.78. The van der Waals surface area contributed by atoms with Gasteiger partial charge in [-0.2, -0.15) is 5.26 Å². The topological polar surface area (TPSA) is 52.8 Å². The van der Waals surface area contributed by atoms with Gasteiger partial charge >= 0.3 is 0 Å². The third-order valence-electron chi connectivity index (χ3n) is 3.31. The molecule has 0 radical (unpaired) electrons. The molecule has 0 saturated carbocycles. The van der Waals surface area contributed by atoms with Crippen molar-refractivity contribution >= 4 is 11.6 Å². The molecule has 0 amide bonds. The number of nitriles is 1. The van der Waals surface area contributed by atoms with Crippen molar-refractivity contribution in [2.24, 2.45) is 0 Å². The summed E-state index contributed by atoms with van der Waals surface area (Å²) in [4.78, 5) is 10.9. The number of fused-ring (bicyclic) bond motifs is 1. The summed E-state index contributed by atoms with van der Waals surface area (Å²) < 4.78 is 0. The van der Waals surface area contributed by atoms with E-state index in [9.17, 15) is 0 Å². The van der Waals surface area contributed by atoms with Gasteiger partial charge in [0.1, 0.15) is 11.8 Å². The van der Waals surface area contributed by atoms with Gasteiger partial charge in [0, 0.05) is 17.9 Å². The van der Waals surface area contributed by atoms with Crippen molar-refractivity contribution in [2.45, 2.75) is 19.8 Å². The number of benzene rings is 1. The van der Waals surface area contributed by atoms with Crippen LogP contribution in [0.3, 0.4) is 0 Å². The van der Waals surface area contributed by atoms with Crippen molar-refractivity contribution in [3.63, 3.8) is 0 Å². The van der Waals surface area contributed by atoms with E-state index < -0.39 is 0 Å². The molecular weight excluding hydrogens is 236 g/mol. The highest BCUT2D eigenvalue weighted by molar-refractivity contribution is 5.63. The predicted octanol–water partition coefficient (Wildman–Crippen LogP) is 2.74. The van der Waals surface area contributed by atoms with Crippen LogP contribution in [-0.4, -0.2) is 16.5 Å². The second kappa shape index (κ2) is 4.69. The predicted molar refractivity (Wildman–Crippen MR) is 73.3 cm³/mol. The van der Waals surface area contributed by atoms with Crippen LogP contribution >= 0.6 is 0 Å². The van der Waals surface area contributed by atoms with Crippen LogP contribution in [0.5, 0.6) is 0 Å². The zero-order chi connectivity index (χ0) is 13.2. The fourth-order valence-corrected chi connectivity index (χ4v) is 2.47. The molecule has 0 N–H and O–H groups in total. The molecule has 0 spiro atoms. The minimum atomic E-state index is 0.422. The Kier molecular flexibility index (Phi) is 2.88. The first-order chi connectivity index (χ1) is 9.28. The lowest BCUT2D eigenvalue weighted by Gasteiger charge is -2.29. The maximum absolute atomic E-state index is 9.02. The average Bonchev–Trinajstić information content (AvgIpc) is 2.46. The first kappa shape index (κ1) is 11.7. The summed E-state index contributed by atoms with van der Waals surface area (Å²) in [5.41, 5.74) is 3.72. The Labute approximate surface area is 112 Å². The number of aromatic nitrogens is 2. The largest absolute Gasteiger partial charge is 0.310 e. The Morgan fingerprint density at radius 1 is 1.26 bits per heavy atom. The lowest BCUT2D eigenvalue weighted by molar-refractivity contribution is 0.748. The van der Waals surface area contributed by atoms with Crippen LogP contribution in [0, 0.1) is 18.3 Å². The molecule has 1 aromatic heterocycles. The van der Waals surface area contributed by atoms with Gasteiger partial charge in [-0.05, 0) is 37.5 Å². The summed E-state index contributed by atoms with van der Waals surface area (Å²) in [5, 5.41) is 9.02. The van der Waals surface area contributed by atoms with Gasteiger partial charge in [0.05, 0.1) is 0 Å². The molecule has 0 unspecified atom stereocenters. The van der Waals surface area contributed by atoms with Crippen molar-refractivity contribution in [3.05, 3.63) is 47.3 Å². The highest BCUT2D eigenvalue weighted by Gasteiger charge is 2.20. The smallest absolute Gasteiger partial charge is 0.231 e. The van der Waals surface area contributed by atoms with Crippen LogP contribution in [0.4, 0.5) is 11.6 Å². The van der Waals surface area contributed by atoms with E-state index in [1.165, 1.54) is 5.56 Å². The molecule has 1 aromatic carbocycles. The second-order valence-electron chi connectivity index (χ2n) is 4.69. The maximum Gasteiger partial charge on any atom is 0.231 e. The number of para-hydroxylation sites is 1. The number of hydrogen-bond acceptors (Lipinski definition) is 4. The lowest BCUT2D eigenvalue weighted by atomic mass is 10.0. The summed E-state index contributed by atoms with van der Waals surface area (Å²) in [6.07, 6.45) is 2.17. The van der Waals surface area contributed by atoms with Crippen LogP contribution in [0.1, 0.15) is 23.4 Å². The molecular formula is C15H14N4. The van der Waals surface area contributed by atoms with E-state index in [-0.39, 0.29) is 0 Å². The van der Waals surface area contributed by atoms with Gasteiger partial charge in [-0.15, -0.1) is 0 Å².